The van der Waals surface area contributed by atoms with Gasteiger partial charge in [0.25, 0.3) is 0 Å². The lowest BCUT2D eigenvalue weighted by atomic mass is 9.81. The molecule has 1 aromatic heterocycles. The van der Waals surface area contributed by atoms with Crippen LogP contribution in [0.1, 0.15) is 44.7 Å². The van der Waals surface area contributed by atoms with Crippen LogP contribution in [0.4, 0.5) is 5.95 Å². The molecule has 0 radical (unpaired) electrons. The Morgan fingerprint density at radius 2 is 2.30 bits per heavy atom. The average molecular weight is 279 g/mol. The average Bonchev–Trinajstić information content (AvgIpc) is 2.77. The third kappa shape index (κ3) is 4.51. The van der Waals surface area contributed by atoms with Crippen molar-refractivity contribution in [3.63, 3.8) is 0 Å². The number of hydrogen-bond acceptors (Lipinski definition) is 3. The summed E-state index contributed by atoms with van der Waals surface area (Å²) in [6.07, 6.45) is 8.99. The van der Waals surface area contributed by atoms with Crippen molar-refractivity contribution in [2.45, 2.75) is 52.5 Å². The third-order valence-electron chi connectivity index (χ3n) is 4.31. The molecule has 0 aliphatic heterocycles. The molecule has 0 bridgehead atoms. The number of imidazole rings is 1. The van der Waals surface area contributed by atoms with Crippen LogP contribution in [0, 0.1) is 18.8 Å². The van der Waals surface area contributed by atoms with Gasteiger partial charge in [-0.05, 0) is 31.6 Å². The first kappa shape index (κ1) is 15.4. The zero-order chi connectivity index (χ0) is 14.4. The smallest absolute Gasteiger partial charge is 0.203 e. The van der Waals surface area contributed by atoms with Crippen molar-refractivity contribution in [3.8, 4) is 0 Å². The van der Waals surface area contributed by atoms with Gasteiger partial charge in [0.15, 0.2) is 0 Å². The van der Waals surface area contributed by atoms with Crippen LogP contribution in [0.3, 0.4) is 0 Å². The molecule has 1 N–H and O–H groups in total. The number of nitrogens with one attached hydrogen (secondary N) is 1. The lowest BCUT2D eigenvalue weighted by Crippen LogP contribution is -2.18. The monoisotopic (exact) mass is 279 g/mol. The van der Waals surface area contributed by atoms with Gasteiger partial charge in [-0.15, -0.1) is 0 Å². The number of nitrogens with zero attached hydrogens (tertiary/aromatic N) is 2. The third-order valence-corrected chi connectivity index (χ3v) is 4.31. The highest BCUT2D eigenvalue weighted by Gasteiger charge is 2.18. The molecular formula is C16H29N3O. The normalized spacial score (nSPS) is 22.9. The first-order valence-electron chi connectivity index (χ1n) is 7.95. The number of aromatic nitrogens is 2. The van der Waals surface area contributed by atoms with E-state index in [1.807, 2.05) is 6.92 Å². The Morgan fingerprint density at radius 1 is 1.45 bits per heavy atom. The largest absolute Gasteiger partial charge is 0.383 e. The van der Waals surface area contributed by atoms with Crippen molar-refractivity contribution in [2.24, 2.45) is 11.8 Å². The standard InChI is InChI=1S/C16H29N3O/c1-13-5-4-6-15(11-13)7-8-17-16-18-14(2)12-19(16)9-10-20-3/h12-13,15H,4-11H2,1-3H3,(H,17,18). The van der Waals surface area contributed by atoms with Gasteiger partial charge in [-0.3, -0.25) is 0 Å². The van der Waals surface area contributed by atoms with Gasteiger partial charge in [0.1, 0.15) is 0 Å². The summed E-state index contributed by atoms with van der Waals surface area (Å²) in [5, 5.41) is 3.50. The number of aryl methyl sites for hydroxylation is 1. The van der Waals surface area contributed by atoms with Crippen molar-refractivity contribution in [1.29, 1.82) is 0 Å². The zero-order valence-corrected chi connectivity index (χ0v) is 13.2. The summed E-state index contributed by atoms with van der Waals surface area (Å²) in [4.78, 5) is 4.56. The van der Waals surface area contributed by atoms with Crippen LogP contribution < -0.4 is 5.32 Å². The van der Waals surface area contributed by atoms with Crippen LogP contribution in [0.15, 0.2) is 6.20 Å². The Bertz CT molecular complexity index is 402. The van der Waals surface area contributed by atoms with Crippen molar-refractivity contribution in [2.75, 3.05) is 25.6 Å². The highest BCUT2D eigenvalue weighted by molar-refractivity contribution is 5.28. The van der Waals surface area contributed by atoms with Gasteiger partial charge in [-0.2, -0.15) is 0 Å². The molecule has 1 aliphatic carbocycles. The van der Waals surface area contributed by atoms with Crippen molar-refractivity contribution in [3.05, 3.63) is 11.9 Å². The molecule has 2 rings (SSSR count). The number of methoxy groups -OCH3 is 1. The summed E-state index contributed by atoms with van der Waals surface area (Å²) < 4.78 is 7.30. The van der Waals surface area contributed by atoms with Gasteiger partial charge in [0.2, 0.25) is 5.95 Å². The number of anilines is 1. The number of hydrogen-bond donors (Lipinski definition) is 1. The Hall–Kier alpha value is -1.03. The second kappa shape index (κ2) is 7.67. The van der Waals surface area contributed by atoms with E-state index in [1.54, 1.807) is 7.11 Å². The number of rotatable bonds is 7. The second-order valence-electron chi connectivity index (χ2n) is 6.25. The Labute approximate surface area is 122 Å². The van der Waals surface area contributed by atoms with Gasteiger partial charge in [-0.1, -0.05) is 26.2 Å². The van der Waals surface area contributed by atoms with Crippen molar-refractivity contribution >= 4 is 5.95 Å². The first-order valence-corrected chi connectivity index (χ1v) is 7.95. The summed E-state index contributed by atoms with van der Waals surface area (Å²) in [5.74, 6) is 2.80. The summed E-state index contributed by atoms with van der Waals surface area (Å²) in [7, 11) is 1.74. The molecule has 4 nitrogen and oxygen atoms in total. The fraction of sp³-hybridized carbons (Fsp3) is 0.812. The SMILES string of the molecule is COCCn1cc(C)nc1NCCC1CCCC(C)C1. The molecule has 0 spiro atoms. The van der Waals surface area contributed by atoms with Gasteiger partial charge in [0.05, 0.1) is 12.3 Å². The molecule has 1 aromatic rings. The minimum atomic E-state index is 0.727. The molecule has 0 amide bonds. The van der Waals surface area contributed by atoms with Gasteiger partial charge < -0.3 is 14.6 Å². The van der Waals surface area contributed by atoms with E-state index in [-0.39, 0.29) is 0 Å². The van der Waals surface area contributed by atoms with Crippen molar-refractivity contribution < 1.29 is 4.74 Å². The summed E-state index contributed by atoms with van der Waals surface area (Å²) >= 11 is 0. The second-order valence-corrected chi connectivity index (χ2v) is 6.25. The van der Waals surface area contributed by atoms with Crippen LogP contribution in [-0.2, 0) is 11.3 Å². The molecule has 1 fully saturated rings. The van der Waals surface area contributed by atoms with Crippen LogP contribution >= 0.6 is 0 Å². The summed E-state index contributed by atoms with van der Waals surface area (Å²) in [6, 6.07) is 0. The molecule has 2 atom stereocenters. The predicted molar refractivity (Wildman–Crippen MR) is 83.1 cm³/mol. The van der Waals surface area contributed by atoms with Crippen LogP contribution in [0.2, 0.25) is 0 Å². The van der Waals surface area contributed by atoms with E-state index < -0.39 is 0 Å². The molecular weight excluding hydrogens is 250 g/mol. The fourth-order valence-corrected chi connectivity index (χ4v) is 3.26. The highest BCUT2D eigenvalue weighted by Crippen LogP contribution is 2.30. The van der Waals surface area contributed by atoms with E-state index in [0.717, 1.165) is 43.2 Å². The maximum atomic E-state index is 5.15. The Balaban J connectivity index is 1.78. The van der Waals surface area contributed by atoms with Crippen LogP contribution in [0.25, 0.3) is 0 Å². The minimum Gasteiger partial charge on any atom is -0.383 e. The van der Waals surface area contributed by atoms with Gasteiger partial charge in [0, 0.05) is 26.4 Å². The lowest BCUT2D eigenvalue weighted by molar-refractivity contribution is 0.187. The molecule has 20 heavy (non-hydrogen) atoms. The van der Waals surface area contributed by atoms with E-state index in [4.69, 9.17) is 4.74 Å². The molecule has 0 saturated heterocycles. The van der Waals surface area contributed by atoms with E-state index in [0.29, 0.717) is 0 Å². The minimum absolute atomic E-state index is 0.727. The zero-order valence-electron chi connectivity index (χ0n) is 13.2. The Morgan fingerprint density at radius 3 is 3.05 bits per heavy atom. The molecule has 1 saturated carbocycles. The molecule has 114 valence electrons. The van der Waals surface area contributed by atoms with Crippen LogP contribution in [0.5, 0.6) is 0 Å². The van der Waals surface area contributed by atoms with E-state index in [2.05, 4.69) is 28.0 Å². The van der Waals surface area contributed by atoms with Crippen molar-refractivity contribution in [1.82, 2.24) is 9.55 Å². The summed E-state index contributed by atoms with van der Waals surface area (Å²) in [6.45, 7) is 7.04. The number of ether oxygens (including phenoxy) is 1. The van der Waals surface area contributed by atoms with Gasteiger partial charge >= 0.3 is 0 Å². The topological polar surface area (TPSA) is 39.1 Å². The highest BCUT2D eigenvalue weighted by atomic mass is 16.5. The molecule has 4 heteroatoms. The molecule has 2 unspecified atom stereocenters. The van der Waals surface area contributed by atoms with Crippen LogP contribution in [-0.4, -0.2) is 29.8 Å². The van der Waals surface area contributed by atoms with E-state index in [1.165, 1.54) is 32.1 Å². The summed E-state index contributed by atoms with van der Waals surface area (Å²) in [5.41, 5.74) is 1.06. The quantitative estimate of drug-likeness (QED) is 0.830. The van der Waals surface area contributed by atoms with E-state index >= 15 is 0 Å². The molecule has 1 aliphatic rings. The predicted octanol–water partition coefficient (Wildman–Crippen LogP) is 3.47. The maximum Gasteiger partial charge on any atom is 0.203 e. The first-order chi connectivity index (χ1) is 9.69. The fourth-order valence-electron chi connectivity index (χ4n) is 3.26. The maximum absolute atomic E-state index is 5.15. The molecule has 1 heterocycles. The lowest BCUT2D eigenvalue weighted by Gasteiger charge is -2.26. The molecule has 0 aromatic carbocycles. The van der Waals surface area contributed by atoms with E-state index in [9.17, 15) is 0 Å². The van der Waals surface area contributed by atoms with Gasteiger partial charge in [-0.25, -0.2) is 4.98 Å². The Kier molecular flexibility index (Phi) is 5.89.